The zero-order valence-corrected chi connectivity index (χ0v) is 18.1. The molecule has 0 fully saturated rings. The van der Waals surface area contributed by atoms with Crippen LogP contribution in [0.4, 0.5) is 24.5 Å². The minimum Gasteiger partial charge on any atom is -0.322 e. The lowest BCUT2D eigenvalue weighted by atomic mass is 10.2. The van der Waals surface area contributed by atoms with Crippen LogP contribution in [-0.2, 0) is 27.4 Å². The third-order valence-corrected chi connectivity index (χ3v) is 6.93. The van der Waals surface area contributed by atoms with Crippen LogP contribution < -0.4 is 10.2 Å². The lowest BCUT2D eigenvalue weighted by molar-refractivity contribution is -0.137. The van der Waals surface area contributed by atoms with Crippen molar-refractivity contribution in [1.82, 2.24) is 3.97 Å². The van der Waals surface area contributed by atoms with Crippen molar-refractivity contribution in [2.75, 3.05) is 16.8 Å². The maximum atomic E-state index is 13.0. The Labute approximate surface area is 187 Å². The smallest absolute Gasteiger partial charge is 0.322 e. The zero-order chi connectivity index (χ0) is 24.0. The van der Waals surface area contributed by atoms with Crippen LogP contribution in [0.1, 0.15) is 28.4 Å². The Bertz CT molecular complexity index is 1350. The van der Waals surface area contributed by atoms with E-state index in [1.165, 1.54) is 31.3 Å². The first kappa shape index (κ1) is 22.6. The third-order valence-electron chi connectivity index (χ3n) is 5.30. The number of aromatic nitrogens is 1. The summed E-state index contributed by atoms with van der Waals surface area (Å²) in [6, 6.07) is 9.69. The Hall–Kier alpha value is -3.60. The van der Waals surface area contributed by atoms with Gasteiger partial charge >= 0.3 is 6.18 Å². The number of nitrogens with zero attached hydrogens (tertiary/aromatic N) is 2. The van der Waals surface area contributed by atoms with Crippen LogP contribution in [0.25, 0.3) is 0 Å². The van der Waals surface area contributed by atoms with Gasteiger partial charge in [-0.2, -0.15) is 13.2 Å². The van der Waals surface area contributed by atoms with Gasteiger partial charge in [-0.05, 0) is 60.5 Å². The fraction of sp³-hybridized carbons (Fsp3) is 0.182. The summed E-state index contributed by atoms with van der Waals surface area (Å²) in [6.07, 6.45) is -1.61. The maximum Gasteiger partial charge on any atom is 0.416 e. The van der Waals surface area contributed by atoms with E-state index in [4.69, 9.17) is 0 Å². The average molecular weight is 477 g/mol. The van der Waals surface area contributed by atoms with Gasteiger partial charge in [0.2, 0.25) is 5.91 Å². The molecule has 0 saturated heterocycles. The Balaban J connectivity index is 1.53. The van der Waals surface area contributed by atoms with E-state index >= 15 is 0 Å². The molecule has 2 heterocycles. The number of carbonyl (C=O) groups is 2. The number of halogens is 3. The highest BCUT2D eigenvalue weighted by Gasteiger charge is 2.30. The van der Waals surface area contributed by atoms with Gasteiger partial charge in [-0.3, -0.25) is 9.59 Å². The molecule has 0 unspecified atom stereocenters. The average Bonchev–Trinajstić information content (AvgIpc) is 3.41. The standard InChI is InChI=1S/C22H18F3N3O4S/c1-14(29)28-11-9-15-12-19(6-7-20(15)28)33(31,32)27-10-8-16(13-27)21(30)26-18-4-2-17(3-5-18)22(23,24)25/h2-8,10,12-13H,9,11H2,1H3,(H,26,30). The van der Waals surface area contributed by atoms with Gasteiger partial charge < -0.3 is 10.2 Å². The summed E-state index contributed by atoms with van der Waals surface area (Å²) in [7, 11) is -4.00. The lowest BCUT2D eigenvalue weighted by Crippen LogP contribution is -2.25. The van der Waals surface area contributed by atoms with Crippen LogP contribution in [0, 0.1) is 0 Å². The molecule has 3 aromatic rings. The topological polar surface area (TPSA) is 88.5 Å². The van der Waals surface area contributed by atoms with E-state index in [0.29, 0.717) is 18.7 Å². The molecule has 1 aliphatic rings. The number of alkyl halides is 3. The van der Waals surface area contributed by atoms with Gasteiger partial charge in [-0.25, -0.2) is 12.4 Å². The number of benzene rings is 2. The first-order chi connectivity index (χ1) is 15.5. The lowest BCUT2D eigenvalue weighted by Gasteiger charge is -2.15. The van der Waals surface area contributed by atoms with Crippen molar-refractivity contribution in [3.05, 3.63) is 77.6 Å². The Kier molecular flexibility index (Phi) is 5.52. The van der Waals surface area contributed by atoms with E-state index in [2.05, 4.69) is 5.32 Å². The largest absolute Gasteiger partial charge is 0.416 e. The summed E-state index contributed by atoms with van der Waals surface area (Å²) >= 11 is 0. The van der Waals surface area contributed by atoms with E-state index in [9.17, 15) is 31.2 Å². The molecular formula is C22H18F3N3O4S. The molecular weight excluding hydrogens is 459 g/mol. The number of hydrogen-bond donors (Lipinski definition) is 1. The summed E-state index contributed by atoms with van der Waals surface area (Å²) in [5.74, 6) is -0.798. The number of anilines is 2. The molecule has 11 heteroatoms. The van der Waals surface area contributed by atoms with Crippen LogP contribution in [0.15, 0.2) is 65.8 Å². The van der Waals surface area contributed by atoms with Crippen molar-refractivity contribution in [1.29, 1.82) is 0 Å². The van der Waals surface area contributed by atoms with Gasteiger partial charge in [0.15, 0.2) is 0 Å². The van der Waals surface area contributed by atoms with Crippen LogP contribution >= 0.6 is 0 Å². The molecule has 0 aliphatic carbocycles. The highest BCUT2D eigenvalue weighted by molar-refractivity contribution is 7.90. The summed E-state index contributed by atoms with van der Waals surface area (Å²) in [5.41, 5.74) is 0.711. The van der Waals surface area contributed by atoms with E-state index < -0.39 is 27.7 Å². The number of amides is 2. The minimum atomic E-state index is -4.49. The first-order valence-electron chi connectivity index (χ1n) is 9.80. The van der Waals surface area contributed by atoms with Gasteiger partial charge in [0.1, 0.15) is 0 Å². The van der Waals surface area contributed by atoms with E-state index in [0.717, 1.165) is 40.0 Å². The summed E-state index contributed by atoms with van der Waals surface area (Å²) < 4.78 is 64.9. The van der Waals surface area contributed by atoms with E-state index in [-0.39, 0.29) is 22.1 Å². The quantitative estimate of drug-likeness (QED) is 0.617. The zero-order valence-electron chi connectivity index (χ0n) is 17.3. The third kappa shape index (κ3) is 4.36. The second-order valence-electron chi connectivity index (χ2n) is 7.48. The van der Waals surface area contributed by atoms with Gasteiger partial charge in [-0.15, -0.1) is 0 Å². The molecule has 2 amide bonds. The molecule has 0 saturated carbocycles. The van der Waals surface area contributed by atoms with Crippen molar-refractivity contribution in [2.45, 2.75) is 24.4 Å². The van der Waals surface area contributed by atoms with Crippen LogP contribution in [-0.4, -0.2) is 30.7 Å². The molecule has 2 aromatic carbocycles. The molecule has 7 nitrogen and oxygen atoms in total. The van der Waals surface area contributed by atoms with Gasteiger partial charge in [-0.1, -0.05) is 0 Å². The SMILES string of the molecule is CC(=O)N1CCc2cc(S(=O)(=O)n3ccc(C(=O)Nc4ccc(C(F)(F)F)cc4)c3)ccc21. The number of fused-ring (bicyclic) bond motifs is 1. The predicted molar refractivity (Wildman–Crippen MR) is 115 cm³/mol. The van der Waals surface area contributed by atoms with E-state index in [1.54, 1.807) is 11.0 Å². The molecule has 0 radical (unpaired) electrons. The second kappa shape index (κ2) is 8.07. The molecule has 33 heavy (non-hydrogen) atoms. The van der Waals surface area contributed by atoms with Crippen molar-refractivity contribution >= 4 is 33.2 Å². The van der Waals surface area contributed by atoms with Crippen molar-refractivity contribution in [3.8, 4) is 0 Å². The number of nitrogens with one attached hydrogen (secondary N) is 1. The summed E-state index contributed by atoms with van der Waals surface area (Å²) in [6.45, 7) is 1.92. The Morgan fingerprint density at radius 1 is 1.03 bits per heavy atom. The molecule has 0 atom stereocenters. The molecule has 1 N–H and O–H groups in total. The fourth-order valence-electron chi connectivity index (χ4n) is 3.59. The second-order valence-corrected chi connectivity index (χ2v) is 9.32. The van der Waals surface area contributed by atoms with Crippen LogP contribution in [0.3, 0.4) is 0 Å². The van der Waals surface area contributed by atoms with Crippen molar-refractivity contribution in [3.63, 3.8) is 0 Å². The summed E-state index contributed by atoms with van der Waals surface area (Å²) in [4.78, 5) is 25.7. The van der Waals surface area contributed by atoms with Crippen LogP contribution in [0.5, 0.6) is 0 Å². The molecule has 4 rings (SSSR count). The molecule has 0 bridgehead atoms. The highest BCUT2D eigenvalue weighted by Crippen LogP contribution is 2.31. The van der Waals surface area contributed by atoms with E-state index in [1.807, 2.05) is 0 Å². The minimum absolute atomic E-state index is 0.0111. The van der Waals surface area contributed by atoms with Crippen molar-refractivity contribution in [2.24, 2.45) is 0 Å². The number of rotatable bonds is 4. The molecule has 1 aliphatic heterocycles. The highest BCUT2D eigenvalue weighted by atomic mass is 32.2. The maximum absolute atomic E-state index is 13.0. The Morgan fingerprint density at radius 3 is 2.36 bits per heavy atom. The fourth-order valence-corrected chi connectivity index (χ4v) is 4.84. The van der Waals surface area contributed by atoms with Crippen molar-refractivity contribution < 1.29 is 31.2 Å². The van der Waals surface area contributed by atoms with Gasteiger partial charge in [0.05, 0.1) is 16.0 Å². The van der Waals surface area contributed by atoms with Gasteiger partial charge in [0, 0.05) is 37.2 Å². The van der Waals surface area contributed by atoms with Crippen LogP contribution in [0.2, 0.25) is 0 Å². The molecule has 172 valence electrons. The molecule has 1 aromatic heterocycles. The normalized spacial score (nSPS) is 13.6. The number of carbonyl (C=O) groups excluding carboxylic acids is 2. The predicted octanol–water partition coefficient (Wildman–Crippen LogP) is 3.91. The monoisotopic (exact) mass is 477 g/mol. The number of hydrogen-bond acceptors (Lipinski definition) is 4. The van der Waals surface area contributed by atoms with Gasteiger partial charge in [0.25, 0.3) is 15.9 Å². The molecule has 0 spiro atoms. The Morgan fingerprint density at radius 2 is 1.73 bits per heavy atom. The first-order valence-corrected chi connectivity index (χ1v) is 11.2. The summed E-state index contributed by atoms with van der Waals surface area (Å²) in [5, 5.41) is 2.44.